The highest BCUT2D eigenvalue weighted by atomic mass is 16.6. The second kappa shape index (κ2) is 12.0. The Hall–Kier alpha value is -6.59. The van der Waals surface area contributed by atoms with Gasteiger partial charge in [0.05, 0.1) is 0 Å². The molecule has 10 rings (SSSR count). The molecule has 0 saturated carbocycles. The lowest BCUT2D eigenvalue weighted by Crippen LogP contribution is -2.15. The molecule has 0 spiro atoms. The molecule has 0 saturated heterocycles. The first kappa shape index (κ1) is 33.0. The van der Waals surface area contributed by atoms with Crippen molar-refractivity contribution in [3.8, 4) is 79.4 Å². The molecule has 55 heavy (non-hydrogen) atoms. The molecule has 0 amide bonds. The van der Waals surface area contributed by atoms with E-state index in [0.717, 1.165) is 39.3 Å². The Balaban J connectivity index is 1.01. The Bertz CT molecular complexity index is 2780. The highest BCUT2D eigenvalue weighted by molar-refractivity contribution is 5.87. The zero-order valence-electron chi connectivity index (χ0n) is 31.6. The van der Waals surface area contributed by atoms with Crippen LogP contribution in [0.3, 0.4) is 0 Å². The number of hydrogen-bond acceptors (Lipinski definition) is 5. The molecular weight excluding hydrogens is 675 g/mol. The van der Waals surface area contributed by atoms with Gasteiger partial charge in [0.2, 0.25) is 0 Å². The highest BCUT2D eigenvalue weighted by Gasteiger charge is 2.38. The van der Waals surface area contributed by atoms with Crippen molar-refractivity contribution in [2.45, 2.75) is 45.4 Å². The van der Waals surface area contributed by atoms with Gasteiger partial charge in [-0.3, -0.25) is 0 Å². The maximum atomic E-state index is 6.73. The standard InChI is InChI=1S/C50H39N3O2/c1-7-34-29(2)49(3,4)40-26-33(24-25-37(34)40)48-52-46(31-14-9-8-10-15-31)51-47(53-48)32-22-20-30(21-23-32)35-17-13-19-42-45(35)55-44-28-41-38(27-43(44)54-42)36-16-11-12-18-39(36)50(41,5)6/h7-28H,1H2,2-6H3. The van der Waals surface area contributed by atoms with Crippen molar-refractivity contribution in [3.05, 3.63) is 168 Å². The fourth-order valence-electron chi connectivity index (χ4n) is 8.61. The third kappa shape index (κ3) is 5.03. The summed E-state index contributed by atoms with van der Waals surface area (Å²) in [5, 5.41) is 0. The van der Waals surface area contributed by atoms with E-state index < -0.39 is 0 Å². The van der Waals surface area contributed by atoms with Gasteiger partial charge in [0.15, 0.2) is 40.5 Å². The lowest BCUT2D eigenvalue weighted by Gasteiger charge is -2.26. The summed E-state index contributed by atoms with van der Waals surface area (Å²) in [6, 6.07) is 43.9. The Morgan fingerprint density at radius 2 is 1.07 bits per heavy atom. The summed E-state index contributed by atoms with van der Waals surface area (Å²) < 4.78 is 13.3. The van der Waals surface area contributed by atoms with Crippen LogP contribution < -0.4 is 9.47 Å². The number of allylic oxidation sites excluding steroid dienone is 3. The number of benzene rings is 6. The molecule has 2 aliphatic carbocycles. The average molecular weight is 714 g/mol. The SMILES string of the molecule is C=CC1=C(C)C(C)(C)c2cc(-c3nc(-c4ccccc4)nc(-c4ccc(-c5cccc6c5Oc5cc7c(cc5O6)-c5ccccc5C7(C)C)cc4)n3)ccc21. The zero-order valence-corrected chi connectivity index (χ0v) is 31.6. The molecule has 7 aromatic rings. The van der Waals surface area contributed by atoms with Crippen LogP contribution in [0.25, 0.3) is 62.0 Å². The molecular formula is C50H39N3O2. The smallest absolute Gasteiger partial charge is 0.177 e. The van der Waals surface area contributed by atoms with Crippen LogP contribution in [-0.2, 0) is 10.8 Å². The number of ether oxygens (including phenoxy) is 2. The van der Waals surface area contributed by atoms with E-state index in [2.05, 4.69) is 126 Å². The third-order valence-electron chi connectivity index (χ3n) is 12.0. The van der Waals surface area contributed by atoms with Gasteiger partial charge >= 0.3 is 0 Å². The first-order valence-electron chi connectivity index (χ1n) is 18.8. The van der Waals surface area contributed by atoms with E-state index in [-0.39, 0.29) is 10.8 Å². The topological polar surface area (TPSA) is 57.1 Å². The minimum absolute atomic E-state index is 0.126. The van der Waals surface area contributed by atoms with Crippen molar-refractivity contribution >= 4 is 5.57 Å². The Morgan fingerprint density at radius 1 is 0.473 bits per heavy atom. The lowest BCUT2D eigenvalue weighted by molar-refractivity contribution is 0.360. The van der Waals surface area contributed by atoms with Gasteiger partial charge in [0.25, 0.3) is 0 Å². The van der Waals surface area contributed by atoms with Gasteiger partial charge in [0, 0.05) is 33.1 Å². The number of fused-ring (bicyclic) bond motifs is 6. The van der Waals surface area contributed by atoms with Crippen molar-refractivity contribution in [3.63, 3.8) is 0 Å². The van der Waals surface area contributed by atoms with Crippen LogP contribution in [-0.4, -0.2) is 15.0 Å². The van der Waals surface area contributed by atoms with Crippen molar-refractivity contribution in [1.29, 1.82) is 0 Å². The van der Waals surface area contributed by atoms with Gasteiger partial charge in [-0.1, -0.05) is 149 Å². The molecule has 1 aliphatic heterocycles. The predicted octanol–water partition coefficient (Wildman–Crippen LogP) is 13.0. The number of nitrogens with zero attached hydrogens (tertiary/aromatic N) is 3. The quantitative estimate of drug-likeness (QED) is 0.178. The van der Waals surface area contributed by atoms with E-state index in [9.17, 15) is 0 Å². The molecule has 0 N–H and O–H groups in total. The third-order valence-corrected chi connectivity index (χ3v) is 12.0. The summed E-state index contributed by atoms with van der Waals surface area (Å²) in [7, 11) is 0. The molecule has 0 bridgehead atoms. The second-order valence-corrected chi connectivity index (χ2v) is 15.7. The van der Waals surface area contributed by atoms with E-state index in [4.69, 9.17) is 24.4 Å². The minimum Gasteiger partial charge on any atom is -0.449 e. The van der Waals surface area contributed by atoms with Gasteiger partial charge in [-0.15, -0.1) is 0 Å². The van der Waals surface area contributed by atoms with Gasteiger partial charge < -0.3 is 9.47 Å². The Kier molecular flexibility index (Phi) is 7.18. The zero-order chi connectivity index (χ0) is 37.6. The molecule has 1 aromatic heterocycles. The normalized spacial score (nSPS) is 15.2. The molecule has 0 radical (unpaired) electrons. The lowest BCUT2D eigenvalue weighted by atomic mass is 9.81. The van der Waals surface area contributed by atoms with E-state index >= 15 is 0 Å². The van der Waals surface area contributed by atoms with Crippen LogP contribution in [0.4, 0.5) is 0 Å². The number of aromatic nitrogens is 3. The molecule has 0 unspecified atom stereocenters. The van der Waals surface area contributed by atoms with Crippen LogP contribution in [0.2, 0.25) is 0 Å². The maximum absolute atomic E-state index is 6.73. The summed E-state index contributed by atoms with van der Waals surface area (Å²) in [6.07, 6.45) is 1.97. The maximum Gasteiger partial charge on any atom is 0.177 e. The second-order valence-electron chi connectivity index (χ2n) is 15.7. The summed E-state index contributed by atoms with van der Waals surface area (Å²) in [4.78, 5) is 15.1. The van der Waals surface area contributed by atoms with Gasteiger partial charge in [-0.25, -0.2) is 15.0 Å². The fourth-order valence-corrected chi connectivity index (χ4v) is 8.61. The van der Waals surface area contributed by atoms with Gasteiger partial charge in [-0.05, 0) is 75.7 Å². The molecule has 3 aliphatic rings. The van der Waals surface area contributed by atoms with Gasteiger partial charge in [0.1, 0.15) is 0 Å². The number of rotatable bonds is 5. The van der Waals surface area contributed by atoms with E-state index in [0.29, 0.717) is 29.0 Å². The molecule has 266 valence electrons. The first-order chi connectivity index (χ1) is 26.6. The van der Waals surface area contributed by atoms with Crippen molar-refractivity contribution in [2.24, 2.45) is 0 Å². The molecule has 5 nitrogen and oxygen atoms in total. The van der Waals surface area contributed by atoms with E-state index in [1.54, 1.807) is 0 Å². The molecule has 0 fully saturated rings. The van der Waals surface area contributed by atoms with E-state index in [1.165, 1.54) is 44.5 Å². The van der Waals surface area contributed by atoms with Crippen LogP contribution in [0, 0.1) is 0 Å². The highest BCUT2D eigenvalue weighted by Crippen LogP contribution is 2.56. The molecule has 6 aromatic carbocycles. The van der Waals surface area contributed by atoms with Crippen LogP contribution in [0.5, 0.6) is 23.0 Å². The van der Waals surface area contributed by atoms with Crippen molar-refractivity contribution in [1.82, 2.24) is 15.0 Å². The Labute approximate surface area is 321 Å². The number of para-hydroxylation sites is 1. The number of hydrogen-bond donors (Lipinski definition) is 0. The van der Waals surface area contributed by atoms with Gasteiger partial charge in [-0.2, -0.15) is 0 Å². The molecule has 2 heterocycles. The predicted molar refractivity (Wildman–Crippen MR) is 222 cm³/mol. The fraction of sp³-hybridized carbons (Fsp3) is 0.140. The average Bonchev–Trinajstić information content (AvgIpc) is 3.56. The van der Waals surface area contributed by atoms with Crippen LogP contribution in [0.15, 0.2) is 146 Å². The van der Waals surface area contributed by atoms with Crippen LogP contribution >= 0.6 is 0 Å². The summed E-state index contributed by atoms with van der Waals surface area (Å²) in [5.74, 6) is 4.72. The monoisotopic (exact) mass is 713 g/mol. The van der Waals surface area contributed by atoms with E-state index in [1.807, 2.05) is 48.5 Å². The summed E-state index contributed by atoms with van der Waals surface area (Å²) in [5.41, 5.74) is 14.4. The molecule has 5 heteroatoms. The largest absolute Gasteiger partial charge is 0.449 e. The minimum atomic E-state index is -0.141. The van der Waals surface area contributed by atoms with Crippen molar-refractivity contribution < 1.29 is 9.47 Å². The first-order valence-corrected chi connectivity index (χ1v) is 18.8. The van der Waals surface area contributed by atoms with Crippen LogP contribution in [0.1, 0.15) is 56.9 Å². The summed E-state index contributed by atoms with van der Waals surface area (Å²) in [6.45, 7) is 15.4. The molecule has 0 atom stereocenters. The van der Waals surface area contributed by atoms with Crippen molar-refractivity contribution in [2.75, 3.05) is 0 Å². The summed E-state index contributed by atoms with van der Waals surface area (Å²) >= 11 is 0. The Morgan fingerprint density at radius 3 is 1.82 bits per heavy atom.